The Bertz CT molecular complexity index is 1360. The molecule has 6 heteroatoms. The first-order valence-corrected chi connectivity index (χ1v) is 11.9. The standard InChI is InChI=1S/C27H17ClIN3O/c28-19-11-12-22-18(14-19)10-13-23-27(15-30,16-31)24(20-8-4-5-9-21(20)29)25(32(22)23)26(33)17-6-2-1-3-7-17/h1-14,23-25H/t23-,24+,25+/m0/s1. The highest BCUT2D eigenvalue weighted by atomic mass is 127. The van der Waals surface area contributed by atoms with Gasteiger partial charge < -0.3 is 4.90 Å². The molecule has 2 aliphatic rings. The molecule has 0 aromatic heterocycles. The molecule has 33 heavy (non-hydrogen) atoms. The summed E-state index contributed by atoms with van der Waals surface area (Å²) in [6, 6.07) is 25.6. The molecule has 0 N–H and O–H groups in total. The number of nitrogens with zero attached hydrogens (tertiary/aromatic N) is 3. The zero-order valence-electron chi connectivity index (χ0n) is 17.3. The highest BCUT2D eigenvalue weighted by Gasteiger charge is 2.63. The molecule has 1 saturated heterocycles. The normalized spacial score (nSPS) is 22.1. The van der Waals surface area contributed by atoms with Gasteiger partial charge in [-0.3, -0.25) is 4.79 Å². The number of ketones is 1. The predicted molar refractivity (Wildman–Crippen MR) is 137 cm³/mol. The number of benzene rings is 3. The molecular formula is C27H17ClIN3O. The second kappa shape index (κ2) is 8.33. The van der Waals surface area contributed by atoms with Crippen LogP contribution in [-0.2, 0) is 0 Å². The van der Waals surface area contributed by atoms with Crippen molar-refractivity contribution < 1.29 is 4.79 Å². The number of hydrogen-bond donors (Lipinski definition) is 0. The Hall–Kier alpha value is -3.13. The molecule has 0 saturated carbocycles. The van der Waals surface area contributed by atoms with E-state index in [2.05, 4.69) is 34.7 Å². The Kier molecular flexibility index (Phi) is 5.48. The Morgan fingerprint density at radius 2 is 1.70 bits per heavy atom. The summed E-state index contributed by atoms with van der Waals surface area (Å²) in [5.74, 6) is -0.765. The van der Waals surface area contributed by atoms with Gasteiger partial charge in [0.15, 0.2) is 11.2 Å². The van der Waals surface area contributed by atoms with E-state index in [0.29, 0.717) is 10.6 Å². The molecule has 160 valence electrons. The van der Waals surface area contributed by atoms with Gasteiger partial charge in [0.1, 0.15) is 6.04 Å². The van der Waals surface area contributed by atoms with E-state index in [0.717, 1.165) is 20.4 Å². The zero-order valence-corrected chi connectivity index (χ0v) is 20.2. The van der Waals surface area contributed by atoms with Crippen LogP contribution < -0.4 is 4.90 Å². The van der Waals surface area contributed by atoms with Crippen LogP contribution in [0.25, 0.3) is 6.08 Å². The molecule has 2 heterocycles. The van der Waals surface area contributed by atoms with Gasteiger partial charge in [-0.15, -0.1) is 0 Å². The smallest absolute Gasteiger partial charge is 0.185 e. The van der Waals surface area contributed by atoms with E-state index in [1.807, 2.05) is 71.6 Å². The van der Waals surface area contributed by atoms with Crippen LogP contribution in [0.4, 0.5) is 5.69 Å². The summed E-state index contributed by atoms with van der Waals surface area (Å²) in [4.78, 5) is 16.0. The maximum Gasteiger partial charge on any atom is 0.185 e. The topological polar surface area (TPSA) is 67.9 Å². The third kappa shape index (κ3) is 3.27. The van der Waals surface area contributed by atoms with E-state index in [1.165, 1.54) is 0 Å². The number of anilines is 1. The summed E-state index contributed by atoms with van der Waals surface area (Å²) in [7, 11) is 0. The largest absolute Gasteiger partial charge is 0.351 e. The van der Waals surface area contributed by atoms with Crippen molar-refractivity contribution in [2.45, 2.75) is 18.0 Å². The molecule has 0 amide bonds. The number of carbonyl (C=O) groups is 1. The fraction of sp³-hybridized carbons (Fsp3) is 0.148. The van der Waals surface area contributed by atoms with Crippen LogP contribution in [0.1, 0.15) is 27.4 Å². The Morgan fingerprint density at radius 3 is 2.39 bits per heavy atom. The molecule has 5 rings (SSSR count). The number of halogens is 2. The number of Topliss-reactive ketones (excluding diaryl/α,β-unsaturated/α-hetero) is 1. The minimum Gasteiger partial charge on any atom is -0.351 e. The van der Waals surface area contributed by atoms with Crippen LogP contribution in [0.5, 0.6) is 0 Å². The van der Waals surface area contributed by atoms with Crippen LogP contribution in [-0.4, -0.2) is 17.9 Å². The van der Waals surface area contributed by atoms with Gasteiger partial charge >= 0.3 is 0 Å². The molecule has 0 unspecified atom stereocenters. The van der Waals surface area contributed by atoms with Crippen molar-refractivity contribution in [2.75, 3.05) is 4.90 Å². The number of fused-ring (bicyclic) bond motifs is 3. The van der Waals surface area contributed by atoms with Crippen molar-refractivity contribution in [3.8, 4) is 12.1 Å². The van der Waals surface area contributed by atoms with Crippen molar-refractivity contribution in [3.63, 3.8) is 0 Å². The lowest BCUT2D eigenvalue weighted by molar-refractivity contribution is 0.0951. The van der Waals surface area contributed by atoms with Gasteiger partial charge in [0, 0.05) is 25.8 Å². The molecule has 3 aromatic carbocycles. The van der Waals surface area contributed by atoms with Gasteiger partial charge in [-0.05, 0) is 58.0 Å². The molecule has 3 aromatic rings. The predicted octanol–water partition coefficient (Wildman–Crippen LogP) is 6.23. The average Bonchev–Trinajstić information content (AvgIpc) is 3.14. The lowest BCUT2D eigenvalue weighted by Gasteiger charge is -2.35. The number of carbonyl (C=O) groups excluding carboxylic acids is 1. The zero-order chi connectivity index (χ0) is 23.2. The molecule has 4 nitrogen and oxygen atoms in total. The minimum absolute atomic E-state index is 0.117. The van der Waals surface area contributed by atoms with E-state index < -0.39 is 23.4 Å². The summed E-state index contributed by atoms with van der Waals surface area (Å²) in [6.45, 7) is 0. The van der Waals surface area contributed by atoms with Crippen molar-refractivity contribution in [3.05, 3.63) is 104 Å². The lowest BCUT2D eigenvalue weighted by atomic mass is 9.69. The molecule has 2 aliphatic heterocycles. The second-order valence-corrected chi connectivity index (χ2v) is 9.78. The maximum absolute atomic E-state index is 14.1. The quantitative estimate of drug-likeness (QED) is 0.281. The van der Waals surface area contributed by atoms with Gasteiger partial charge in [-0.1, -0.05) is 72.3 Å². The van der Waals surface area contributed by atoms with Crippen LogP contribution in [0, 0.1) is 31.6 Å². The summed E-state index contributed by atoms with van der Waals surface area (Å²) >= 11 is 8.47. The fourth-order valence-electron chi connectivity index (χ4n) is 5.11. The van der Waals surface area contributed by atoms with Crippen LogP contribution in [0.15, 0.2) is 78.9 Å². The molecule has 0 radical (unpaired) electrons. The van der Waals surface area contributed by atoms with Gasteiger partial charge in [-0.25, -0.2) is 0 Å². The minimum atomic E-state index is -1.45. The first-order valence-electron chi connectivity index (χ1n) is 10.4. The van der Waals surface area contributed by atoms with Gasteiger partial charge in [0.05, 0.1) is 18.2 Å². The van der Waals surface area contributed by atoms with Gasteiger partial charge in [-0.2, -0.15) is 10.5 Å². The number of rotatable bonds is 3. The van der Waals surface area contributed by atoms with Crippen molar-refractivity contribution >= 4 is 51.7 Å². The van der Waals surface area contributed by atoms with Crippen LogP contribution in [0.2, 0.25) is 5.02 Å². The SMILES string of the molecule is N#CC1(C#N)[C@H](c2ccccc2I)[C@H](C(=O)c2ccccc2)N2c3ccc(Cl)cc3C=C[C@H]21. The van der Waals surface area contributed by atoms with Crippen LogP contribution in [0.3, 0.4) is 0 Å². The first-order chi connectivity index (χ1) is 16.0. The van der Waals surface area contributed by atoms with Crippen molar-refractivity contribution in [1.29, 1.82) is 10.5 Å². The number of hydrogen-bond acceptors (Lipinski definition) is 4. The Morgan fingerprint density at radius 1 is 1.00 bits per heavy atom. The molecule has 3 atom stereocenters. The Labute approximate surface area is 210 Å². The van der Waals surface area contributed by atoms with E-state index in [-0.39, 0.29) is 5.78 Å². The van der Waals surface area contributed by atoms with Crippen molar-refractivity contribution in [1.82, 2.24) is 0 Å². The average molecular weight is 562 g/mol. The highest BCUT2D eigenvalue weighted by Crippen LogP contribution is 2.56. The molecule has 0 bridgehead atoms. The lowest BCUT2D eigenvalue weighted by Crippen LogP contribution is -2.44. The monoisotopic (exact) mass is 561 g/mol. The fourth-order valence-corrected chi connectivity index (χ4v) is 6.01. The molecule has 1 fully saturated rings. The summed E-state index contributed by atoms with van der Waals surface area (Å²) in [5, 5.41) is 21.5. The summed E-state index contributed by atoms with van der Waals surface area (Å²) in [5.41, 5.74) is 1.58. The third-order valence-electron chi connectivity index (χ3n) is 6.54. The number of nitriles is 2. The molecular weight excluding hydrogens is 545 g/mol. The van der Waals surface area contributed by atoms with E-state index >= 15 is 0 Å². The van der Waals surface area contributed by atoms with Gasteiger partial charge in [0.2, 0.25) is 0 Å². The van der Waals surface area contributed by atoms with Crippen LogP contribution >= 0.6 is 34.2 Å². The van der Waals surface area contributed by atoms with E-state index in [4.69, 9.17) is 11.6 Å². The Balaban J connectivity index is 1.81. The second-order valence-electron chi connectivity index (χ2n) is 8.18. The molecule has 0 spiro atoms. The maximum atomic E-state index is 14.1. The third-order valence-corrected chi connectivity index (χ3v) is 7.75. The summed E-state index contributed by atoms with van der Waals surface area (Å²) < 4.78 is 0.918. The highest BCUT2D eigenvalue weighted by molar-refractivity contribution is 14.1. The molecule has 0 aliphatic carbocycles. The van der Waals surface area contributed by atoms with E-state index in [1.54, 1.807) is 18.2 Å². The van der Waals surface area contributed by atoms with Gasteiger partial charge in [0.25, 0.3) is 0 Å². The summed E-state index contributed by atoms with van der Waals surface area (Å²) in [6.07, 6.45) is 3.76. The van der Waals surface area contributed by atoms with E-state index in [9.17, 15) is 15.3 Å². The van der Waals surface area contributed by atoms with Crippen molar-refractivity contribution in [2.24, 2.45) is 5.41 Å². The first kappa shape index (κ1) is 21.7.